The molecular weight excluding hydrogens is 350 g/mol. The Bertz CT molecular complexity index is 722. The molecule has 1 unspecified atom stereocenters. The summed E-state index contributed by atoms with van der Waals surface area (Å²) in [5.41, 5.74) is 2.02. The maximum atomic E-state index is 5.91. The van der Waals surface area contributed by atoms with Crippen LogP contribution in [0.4, 0.5) is 0 Å². The average Bonchev–Trinajstić information content (AvgIpc) is 3.36. The minimum Gasteiger partial charge on any atom is -0.494 e. The molecule has 0 amide bonds. The molecule has 2 aliphatic rings. The summed E-state index contributed by atoms with van der Waals surface area (Å²) in [5.74, 6) is 1.61. The Morgan fingerprint density at radius 2 is 1.89 bits per heavy atom. The van der Waals surface area contributed by atoms with Gasteiger partial charge in [-0.15, -0.1) is 0 Å². The van der Waals surface area contributed by atoms with Crippen LogP contribution in [-0.2, 0) is 6.54 Å². The summed E-state index contributed by atoms with van der Waals surface area (Å²) in [5, 5.41) is 0. The summed E-state index contributed by atoms with van der Waals surface area (Å²) in [6.45, 7) is 8.75. The smallest absolute Gasteiger partial charge is 0.226 e. The lowest BCUT2D eigenvalue weighted by atomic mass is 10.1. The molecule has 0 saturated carbocycles. The maximum Gasteiger partial charge on any atom is 0.226 e. The van der Waals surface area contributed by atoms with E-state index in [0.717, 1.165) is 49.7 Å². The zero-order chi connectivity index (χ0) is 19.2. The molecule has 28 heavy (non-hydrogen) atoms. The largest absolute Gasteiger partial charge is 0.494 e. The number of likely N-dealkylation sites (tertiary alicyclic amines) is 2. The summed E-state index contributed by atoms with van der Waals surface area (Å²) < 4.78 is 11.6. The van der Waals surface area contributed by atoms with E-state index in [4.69, 9.17) is 9.15 Å². The highest BCUT2D eigenvalue weighted by Gasteiger charge is 2.21. The second-order valence-corrected chi connectivity index (χ2v) is 8.23. The summed E-state index contributed by atoms with van der Waals surface area (Å²) in [7, 11) is 0. The molecule has 0 bridgehead atoms. The van der Waals surface area contributed by atoms with Gasteiger partial charge in [0, 0.05) is 24.7 Å². The Kier molecular flexibility index (Phi) is 6.65. The fraction of sp³-hybridized carbons (Fsp3) is 0.609. The molecule has 1 aromatic heterocycles. The van der Waals surface area contributed by atoms with Crippen LogP contribution in [0.3, 0.4) is 0 Å². The van der Waals surface area contributed by atoms with E-state index in [0.29, 0.717) is 11.9 Å². The van der Waals surface area contributed by atoms with E-state index in [-0.39, 0.29) is 0 Å². The van der Waals surface area contributed by atoms with Crippen molar-refractivity contribution in [3.8, 4) is 17.2 Å². The van der Waals surface area contributed by atoms with Crippen molar-refractivity contribution in [2.75, 3.05) is 32.8 Å². The minimum absolute atomic E-state index is 0.645. The highest BCUT2D eigenvalue weighted by atomic mass is 16.5. The van der Waals surface area contributed by atoms with Crippen molar-refractivity contribution in [1.29, 1.82) is 0 Å². The molecule has 2 saturated heterocycles. The molecule has 4 rings (SSSR count). The van der Waals surface area contributed by atoms with Gasteiger partial charge >= 0.3 is 0 Å². The summed E-state index contributed by atoms with van der Waals surface area (Å²) in [4.78, 5) is 9.71. The van der Waals surface area contributed by atoms with Gasteiger partial charge in [-0.3, -0.25) is 4.90 Å². The number of ether oxygens (including phenoxy) is 1. The first-order chi connectivity index (χ1) is 13.8. The quantitative estimate of drug-likeness (QED) is 0.624. The van der Waals surface area contributed by atoms with Crippen LogP contribution >= 0.6 is 0 Å². The Labute approximate surface area is 168 Å². The number of benzene rings is 1. The Morgan fingerprint density at radius 1 is 1.07 bits per heavy atom. The monoisotopic (exact) mass is 383 g/mol. The number of oxazole rings is 1. The molecule has 2 aliphatic heterocycles. The van der Waals surface area contributed by atoms with Crippen LogP contribution in [0.5, 0.6) is 5.75 Å². The van der Waals surface area contributed by atoms with E-state index >= 15 is 0 Å². The fourth-order valence-corrected chi connectivity index (χ4v) is 4.30. The molecule has 1 atom stereocenters. The zero-order valence-corrected chi connectivity index (χ0v) is 17.1. The van der Waals surface area contributed by atoms with Crippen molar-refractivity contribution in [3.63, 3.8) is 0 Å². The van der Waals surface area contributed by atoms with E-state index in [1.807, 2.05) is 24.3 Å². The molecular formula is C23H33N3O2. The predicted octanol–water partition coefficient (Wildman–Crippen LogP) is 4.58. The number of hydrogen-bond acceptors (Lipinski definition) is 5. The van der Waals surface area contributed by atoms with Crippen LogP contribution in [0, 0.1) is 0 Å². The summed E-state index contributed by atoms with van der Waals surface area (Å²) in [6, 6.07) is 8.75. The molecule has 1 aromatic carbocycles. The molecule has 2 fully saturated rings. The van der Waals surface area contributed by atoms with Crippen molar-refractivity contribution in [2.24, 2.45) is 0 Å². The standard InChI is InChI=1S/C23H33N3O2/c1-19-7-5-15-26(19)17-21-18-28-23(24-21)20-8-10-22(11-9-20)27-16-6-14-25-12-3-2-4-13-25/h8-11,18-19H,2-7,12-17H2,1H3. The minimum atomic E-state index is 0.645. The van der Waals surface area contributed by atoms with Crippen molar-refractivity contribution in [3.05, 3.63) is 36.2 Å². The highest BCUT2D eigenvalue weighted by Crippen LogP contribution is 2.24. The normalized spacial score (nSPS) is 21.2. The van der Waals surface area contributed by atoms with E-state index < -0.39 is 0 Å². The lowest BCUT2D eigenvalue weighted by molar-refractivity contribution is 0.205. The first kappa shape index (κ1) is 19.5. The van der Waals surface area contributed by atoms with Crippen LogP contribution in [0.2, 0.25) is 0 Å². The van der Waals surface area contributed by atoms with Crippen molar-refractivity contribution >= 4 is 0 Å². The number of piperidine rings is 1. The number of rotatable bonds is 8. The molecule has 0 radical (unpaired) electrons. The molecule has 0 aliphatic carbocycles. The summed E-state index contributed by atoms with van der Waals surface area (Å²) >= 11 is 0. The Balaban J connectivity index is 1.24. The van der Waals surface area contributed by atoms with Gasteiger partial charge in [-0.05, 0) is 82.9 Å². The third-order valence-electron chi connectivity index (χ3n) is 6.04. The maximum absolute atomic E-state index is 5.91. The molecule has 2 aromatic rings. The fourth-order valence-electron chi connectivity index (χ4n) is 4.30. The van der Waals surface area contributed by atoms with Gasteiger partial charge in [-0.1, -0.05) is 6.42 Å². The molecule has 0 spiro atoms. The van der Waals surface area contributed by atoms with Gasteiger partial charge in [0.05, 0.1) is 12.3 Å². The first-order valence-corrected chi connectivity index (χ1v) is 10.9. The van der Waals surface area contributed by atoms with Crippen molar-refractivity contribution in [1.82, 2.24) is 14.8 Å². The van der Waals surface area contributed by atoms with Crippen LogP contribution in [0.25, 0.3) is 11.5 Å². The Morgan fingerprint density at radius 3 is 2.64 bits per heavy atom. The Hall–Kier alpha value is -1.85. The van der Waals surface area contributed by atoms with Gasteiger partial charge in [0.25, 0.3) is 0 Å². The zero-order valence-electron chi connectivity index (χ0n) is 17.1. The lowest BCUT2D eigenvalue weighted by Gasteiger charge is -2.26. The molecule has 3 heterocycles. The van der Waals surface area contributed by atoms with Gasteiger partial charge in [0.2, 0.25) is 5.89 Å². The van der Waals surface area contributed by atoms with E-state index in [1.54, 1.807) is 6.26 Å². The highest BCUT2D eigenvalue weighted by molar-refractivity contribution is 5.54. The molecule has 5 nitrogen and oxygen atoms in total. The molecule has 5 heteroatoms. The average molecular weight is 384 g/mol. The number of aromatic nitrogens is 1. The van der Waals surface area contributed by atoms with E-state index in [2.05, 4.69) is 21.7 Å². The molecule has 0 N–H and O–H groups in total. The third-order valence-corrected chi connectivity index (χ3v) is 6.04. The van der Waals surface area contributed by atoms with Crippen LogP contribution in [0.1, 0.15) is 51.1 Å². The van der Waals surface area contributed by atoms with Crippen LogP contribution < -0.4 is 4.74 Å². The van der Waals surface area contributed by atoms with Crippen LogP contribution in [0.15, 0.2) is 34.9 Å². The van der Waals surface area contributed by atoms with Gasteiger partial charge in [0.1, 0.15) is 12.0 Å². The van der Waals surface area contributed by atoms with Crippen molar-refractivity contribution in [2.45, 2.75) is 58.0 Å². The molecule has 152 valence electrons. The number of nitrogens with zero attached hydrogens (tertiary/aromatic N) is 3. The van der Waals surface area contributed by atoms with Crippen LogP contribution in [-0.4, -0.2) is 53.6 Å². The topological polar surface area (TPSA) is 41.7 Å². The second-order valence-electron chi connectivity index (χ2n) is 8.23. The van der Waals surface area contributed by atoms with E-state index in [1.165, 1.54) is 45.2 Å². The lowest BCUT2D eigenvalue weighted by Crippen LogP contribution is -2.31. The van der Waals surface area contributed by atoms with Gasteiger partial charge < -0.3 is 14.1 Å². The summed E-state index contributed by atoms with van der Waals surface area (Å²) in [6.07, 6.45) is 9.54. The van der Waals surface area contributed by atoms with Crippen molar-refractivity contribution < 1.29 is 9.15 Å². The predicted molar refractivity (Wildman–Crippen MR) is 111 cm³/mol. The van der Waals surface area contributed by atoms with Gasteiger partial charge in [-0.2, -0.15) is 0 Å². The first-order valence-electron chi connectivity index (χ1n) is 10.9. The van der Waals surface area contributed by atoms with E-state index in [9.17, 15) is 0 Å². The SMILES string of the molecule is CC1CCCN1Cc1coc(-c2ccc(OCCCN3CCCCC3)cc2)n1. The third kappa shape index (κ3) is 5.15. The number of hydrogen-bond donors (Lipinski definition) is 0. The van der Waals surface area contributed by atoms with Gasteiger partial charge in [0.15, 0.2) is 0 Å². The van der Waals surface area contributed by atoms with Gasteiger partial charge in [-0.25, -0.2) is 4.98 Å². The second kappa shape index (κ2) is 9.57.